The third kappa shape index (κ3) is 3.96. The number of urea groups is 1. The molecule has 0 atom stereocenters. The minimum Gasteiger partial charge on any atom is -0.471 e. The number of benzene rings is 1. The van der Waals surface area contributed by atoms with E-state index >= 15 is 0 Å². The molecule has 0 saturated heterocycles. The molecule has 0 radical (unpaired) electrons. The molecule has 2 rings (SSSR count). The molecular formula is C14H14F2N4O3S. The van der Waals surface area contributed by atoms with Crippen LogP contribution in [0.25, 0.3) is 0 Å². The minimum absolute atomic E-state index is 0.0821. The molecule has 10 heteroatoms. The van der Waals surface area contributed by atoms with E-state index in [9.17, 15) is 18.4 Å². The molecule has 0 fully saturated rings. The molecule has 1 aromatic carbocycles. The first kappa shape index (κ1) is 17.6. The highest BCUT2D eigenvalue weighted by molar-refractivity contribution is 7.11. The predicted octanol–water partition coefficient (Wildman–Crippen LogP) is 2.19. The number of nitrogens with one attached hydrogen (secondary N) is 1. The van der Waals surface area contributed by atoms with Crippen LogP contribution in [0, 0.1) is 11.6 Å². The van der Waals surface area contributed by atoms with Crippen LogP contribution in [0.5, 0.6) is 5.88 Å². The Bertz CT molecular complexity index is 779. The van der Waals surface area contributed by atoms with Gasteiger partial charge in [-0.25, -0.2) is 13.6 Å². The molecule has 0 bridgehead atoms. The van der Waals surface area contributed by atoms with Crippen LogP contribution >= 0.6 is 11.5 Å². The van der Waals surface area contributed by atoms with E-state index in [1.165, 1.54) is 25.1 Å². The van der Waals surface area contributed by atoms with Crippen LogP contribution in [0.1, 0.15) is 15.9 Å². The van der Waals surface area contributed by atoms with E-state index in [0.717, 1.165) is 23.7 Å². The summed E-state index contributed by atoms with van der Waals surface area (Å²) in [4.78, 5) is 24.5. The number of carbonyl (C=O) groups excluding carboxylic acids is 2. The SMILES string of the molecule is CN(C)C(=O)Nc1snc(OCc2ccc(F)cc2F)c1C(N)=O. The molecule has 0 aliphatic carbocycles. The summed E-state index contributed by atoms with van der Waals surface area (Å²) in [5.74, 6) is -2.49. The quantitative estimate of drug-likeness (QED) is 0.858. The second-order valence-corrected chi connectivity index (χ2v) is 5.68. The van der Waals surface area contributed by atoms with Crippen LogP contribution in [0.15, 0.2) is 18.2 Å². The highest BCUT2D eigenvalue weighted by Gasteiger charge is 2.22. The Morgan fingerprint density at radius 3 is 2.67 bits per heavy atom. The summed E-state index contributed by atoms with van der Waals surface area (Å²) in [5.41, 5.74) is 5.26. The van der Waals surface area contributed by atoms with Gasteiger partial charge >= 0.3 is 6.03 Å². The molecule has 1 aromatic heterocycles. The molecule has 2 aromatic rings. The van der Waals surface area contributed by atoms with E-state index in [0.29, 0.717) is 0 Å². The number of hydrogen-bond donors (Lipinski definition) is 2. The Balaban J connectivity index is 2.19. The highest BCUT2D eigenvalue weighted by Crippen LogP contribution is 2.31. The number of ether oxygens (including phenoxy) is 1. The lowest BCUT2D eigenvalue weighted by molar-refractivity contribution is 0.0996. The summed E-state index contributed by atoms with van der Waals surface area (Å²) in [6.45, 7) is -0.281. The maximum absolute atomic E-state index is 13.6. The van der Waals surface area contributed by atoms with Gasteiger partial charge in [0.2, 0.25) is 5.88 Å². The first-order valence-electron chi connectivity index (χ1n) is 6.64. The summed E-state index contributed by atoms with van der Waals surface area (Å²) in [6.07, 6.45) is 0. The fourth-order valence-corrected chi connectivity index (χ4v) is 2.40. The maximum Gasteiger partial charge on any atom is 0.321 e. The highest BCUT2D eigenvalue weighted by atomic mass is 32.1. The number of amides is 3. The smallest absolute Gasteiger partial charge is 0.321 e. The van der Waals surface area contributed by atoms with Crippen molar-refractivity contribution in [1.82, 2.24) is 9.27 Å². The van der Waals surface area contributed by atoms with Crippen molar-refractivity contribution in [3.63, 3.8) is 0 Å². The zero-order valence-electron chi connectivity index (χ0n) is 12.8. The molecule has 24 heavy (non-hydrogen) atoms. The van der Waals surface area contributed by atoms with E-state index in [1.54, 1.807) is 0 Å². The monoisotopic (exact) mass is 356 g/mol. The number of primary amides is 1. The van der Waals surface area contributed by atoms with E-state index in [-0.39, 0.29) is 28.6 Å². The lowest BCUT2D eigenvalue weighted by Gasteiger charge is -2.11. The summed E-state index contributed by atoms with van der Waals surface area (Å²) >= 11 is 0.804. The van der Waals surface area contributed by atoms with Gasteiger partial charge in [-0.05, 0) is 23.7 Å². The van der Waals surface area contributed by atoms with Crippen molar-refractivity contribution in [2.45, 2.75) is 6.61 Å². The molecule has 0 spiro atoms. The average molecular weight is 356 g/mol. The first-order valence-corrected chi connectivity index (χ1v) is 7.41. The molecule has 7 nitrogen and oxygen atoms in total. The zero-order chi connectivity index (χ0) is 17.9. The Morgan fingerprint density at radius 1 is 1.38 bits per heavy atom. The van der Waals surface area contributed by atoms with Crippen molar-refractivity contribution in [2.75, 3.05) is 19.4 Å². The summed E-state index contributed by atoms with van der Waals surface area (Å²) in [6, 6.07) is 2.55. The Kier molecular flexibility index (Phi) is 5.29. The molecule has 128 valence electrons. The lowest BCUT2D eigenvalue weighted by Crippen LogP contribution is -2.28. The van der Waals surface area contributed by atoms with Gasteiger partial charge in [-0.3, -0.25) is 10.1 Å². The first-order chi connectivity index (χ1) is 11.3. The third-order valence-corrected chi connectivity index (χ3v) is 3.66. The van der Waals surface area contributed by atoms with Crippen molar-refractivity contribution >= 4 is 28.5 Å². The van der Waals surface area contributed by atoms with Crippen molar-refractivity contribution in [2.24, 2.45) is 5.73 Å². The van der Waals surface area contributed by atoms with E-state index in [2.05, 4.69) is 9.69 Å². The van der Waals surface area contributed by atoms with E-state index < -0.39 is 23.6 Å². The number of anilines is 1. The van der Waals surface area contributed by atoms with Gasteiger partial charge in [0.25, 0.3) is 5.91 Å². The van der Waals surface area contributed by atoms with Crippen molar-refractivity contribution in [3.05, 3.63) is 41.0 Å². The van der Waals surface area contributed by atoms with Gasteiger partial charge in [0.1, 0.15) is 28.8 Å². The number of hydrogen-bond acceptors (Lipinski definition) is 5. The summed E-state index contributed by atoms with van der Waals surface area (Å²) < 4.78 is 35.7. The van der Waals surface area contributed by atoms with Crippen LogP contribution in [0.3, 0.4) is 0 Å². The van der Waals surface area contributed by atoms with E-state index in [1.807, 2.05) is 0 Å². The molecule has 0 aliphatic rings. The topological polar surface area (TPSA) is 97.6 Å². The van der Waals surface area contributed by atoms with Crippen LogP contribution in [-0.4, -0.2) is 35.3 Å². The van der Waals surface area contributed by atoms with Crippen LogP contribution in [0.4, 0.5) is 18.6 Å². The summed E-state index contributed by atoms with van der Waals surface area (Å²) in [7, 11) is 3.05. The third-order valence-electron chi connectivity index (χ3n) is 2.91. The fourth-order valence-electron chi connectivity index (χ4n) is 1.67. The predicted molar refractivity (Wildman–Crippen MR) is 84.0 cm³/mol. The number of nitrogens with zero attached hydrogens (tertiary/aromatic N) is 2. The van der Waals surface area contributed by atoms with Gasteiger partial charge in [-0.2, -0.15) is 4.37 Å². The molecule has 3 N–H and O–H groups in total. The Labute approximate surface area is 140 Å². The Hall–Kier alpha value is -2.75. The zero-order valence-corrected chi connectivity index (χ0v) is 13.6. The van der Waals surface area contributed by atoms with Gasteiger partial charge in [-0.15, -0.1) is 0 Å². The van der Waals surface area contributed by atoms with Crippen molar-refractivity contribution in [1.29, 1.82) is 0 Å². The van der Waals surface area contributed by atoms with Crippen LogP contribution < -0.4 is 15.8 Å². The molecule has 3 amide bonds. The van der Waals surface area contributed by atoms with Crippen LogP contribution in [0.2, 0.25) is 0 Å². The number of aromatic nitrogens is 1. The second-order valence-electron chi connectivity index (χ2n) is 4.91. The lowest BCUT2D eigenvalue weighted by atomic mass is 10.2. The normalized spacial score (nSPS) is 10.3. The van der Waals surface area contributed by atoms with Crippen molar-refractivity contribution < 1.29 is 23.1 Å². The Morgan fingerprint density at radius 2 is 2.08 bits per heavy atom. The van der Waals surface area contributed by atoms with Gasteiger partial charge in [0.15, 0.2) is 0 Å². The van der Waals surface area contributed by atoms with Gasteiger partial charge in [0.05, 0.1) is 0 Å². The number of halogens is 2. The molecule has 1 heterocycles. The number of nitrogens with two attached hydrogens (primary N) is 1. The standard InChI is InChI=1S/C14H14F2N4O3S/c1-20(2)14(22)18-13-10(11(17)21)12(19-24-13)23-6-7-3-4-8(15)5-9(7)16/h3-5H,6H2,1-2H3,(H2,17,21)(H,18,22). The summed E-state index contributed by atoms with van der Waals surface area (Å²) in [5, 5.41) is 2.59. The van der Waals surface area contributed by atoms with E-state index in [4.69, 9.17) is 10.5 Å². The fraction of sp³-hybridized carbons (Fsp3) is 0.214. The van der Waals surface area contributed by atoms with Gasteiger partial charge < -0.3 is 15.4 Å². The molecule has 0 aliphatic heterocycles. The van der Waals surface area contributed by atoms with Crippen molar-refractivity contribution in [3.8, 4) is 5.88 Å². The minimum atomic E-state index is -0.854. The molecule has 0 saturated carbocycles. The number of rotatable bonds is 5. The van der Waals surface area contributed by atoms with Gasteiger partial charge in [0, 0.05) is 25.7 Å². The number of carbonyl (C=O) groups is 2. The molecular weight excluding hydrogens is 342 g/mol. The maximum atomic E-state index is 13.6. The largest absolute Gasteiger partial charge is 0.471 e. The van der Waals surface area contributed by atoms with Gasteiger partial charge in [-0.1, -0.05) is 0 Å². The van der Waals surface area contributed by atoms with Crippen LogP contribution in [-0.2, 0) is 6.61 Å². The molecule has 0 unspecified atom stereocenters. The average Bonchev–Trinajstić information content (AvgIpc) is 2.89. The second kappa shape index (κ2) is 7.21.